The average Bonchev–Trinajstić information content (AvgIpc) is 3.15. The summed E-state index contributed by atoms with van der Waals surface area (Å²) in [6.07, 6.45) is 0.246. The van der Waals surface area contributed by atoms with Crippen molar-refractivity contribution in [1.82, 2.24) is 4.90 Å². The molecule has 0 saturated carbocycles. The van der Waals surface area contributed by atoms with E-state index < -0.39 is 4.92 Å². The molecule has 8 nitrogen and oxygen atoms in total. The zero-order valence-electron chi connectivity index (χ0n) is 16.9. The van der Waals surface area contributed by atoms with Crippen LogP contribution in [0.15, 0.2) is 48.5 Å². The van der Waals surface area contributed by atoms with E-state index in [1.807, 2.05) is 36.1 Å². The van der Waals surface area contributed by atoms with Crippen LogP contribution in [0.25, 0.3) is 0 Å². The molecule has 2 amide bonds. The third-order valence-corrected chi connectivity index (χ3v) is 5.90. The van der Waals surface area contributed by atoms with Gasteiger partial charge in [-0.05, 0) is 30.7 Å². The van der Waals surface area contributed by atoms with E-state index in [0.29, 0.717) is 32.7 Å². The molecular formula is C22H24N4O4. The topological polar surface area (TPSA) is 87.0 Å². The Hall–Kier alpha value is -3.42. The van der Waals surface area contributed by atoms with Crippen molar-refractivity contribution in [3.8, 4) is 0 Å². The molecule has 8 heteroatoms. The minimum Gasteiger partial charge on any atom is -0.368 e. The van der Waals surface area contributed by atoms with Crippen molar-refractivity contribution in [3.63, 3.8) is 0 Å². The molecule has 0 radical (unpaired) electrons. The van der Waals surface area contributed by atoms with Gasteiger partial charge >= 0.3 is 0 Å². The average molecular weight is 408 g/mol. The second kappa shape index (κ2) is 8.14. The molecule has 1 unspecified atom stereocenters. The van der Waals surface area contributed by atoms with E-state index in [-0.39, 0.29) is 29.8 Å². The van der Waals surface area contributed by atoms with Crippen molar-refractivity contribution in [2.75, 3.05) is 42.5 Å². The highest BCUT2D eigenvalue weighted by Crippen LogP contribution is 2.29. The van der Waals surface area contributed by atoms with Gasteiger partial charge in [-0.3, -0.25) is 19.7 Å². The molecule has 1 atom stereocenters. The first kappa shape index (κ1) is 19.9. The van der Waals surface area contributed by atoms with E-state index in [4.69, 9.17) is 0 Å². The fourth-order valence-electron chi connectivity index (χ4n) is 4.20. The van der Waals surface area contributed by atoms with Crippen molar-refractivity contribution < 1.29 is 14.5 Å². The number of aryl methyl sites for hydroxylation is 1. The number of carbonyl (C=O) groups excluding carboxylic acids is 2. The van der Waals surface area contributed by atoms with Crippen LogP contribution in [0.2, 0.25) is 0 Å². The zero-order valence-corrected chi connectivity index (χ0v) is 16.9. The summed E-state index contributed by atoms with van der Waals surface area (Å²) in [6.45, 7) is 4.85. The molecule has 4 rings (SSSR count). The smallest absolute Gasteiger partial charge is 0.269 e. The molecule has 0 bridgehead atoms. The Morgan fingerprint density at radius 1 is 1.03 bits per heavy atom. The second-order valence-electron chi connectivity index (χ2n) is 7.78. The van der Waals surface area contributed by atoms with Crippen molar-refractivity contribution in [1.29, 1.82) is 0 Å². The summed E-state index contributed by atoms with van der Waals surface area (Å²) in [5.41, 5.74) is 2.88. The molecule has 0 N–H and O–H groups in total. The molecule has 30 heavy (non-hydrogen) atoms. The lowest BCUT2D eigenvalue weighted by atomic mass is 10.1. The lowest BCUT2D eigenvalue weighted by molar-refractivity contribution is -0.384. The van der Waals surface area contributed by atoms with E-state index in [2.05, 4.69) is 4.90 Å². The Morgan fingerprint density at radius 3 is 2.33 bits per heavy atom. The molecule has 2 heterocycles. The standard InChI is InChI=1S/C22H24N4O4/c1-16-4-2-3-5-20(16)25-15-17(14-21(25)27)22(28)24-12-10-23(11-13-24)18-6-8-19(9-7-18)26(29)30/h2-9,17H,10-15H2,1H3. The van der Waals surface area contributed by atoms with E-state index in [0.717, 1.165) is 16.9 Å². The third-order valence-electron chi connectivity index (χ3n) is 5.90. The molecule has 0 aliphatic carbocycles. The Morgan fingerprint density at radius 2 is 1.70 bits per heavy atom. The summed E-state index contributed by atoms with van der Waals surface area (Å²) < 4.78 is 0. The first-order chi connectivity index (χ1) is 14.4. The maximum Gasteiger partial charge on any atom is 0.269 e. The summed E-state index contributed by atoms with van der Waals surface area (Å²) in [5.74, 6) is -0.294. The first-order valence-electron chi connectivity index (χ1n) is 10.1. The molecule has 2 aromatic carbocycles. The number of non-ortho nitro benzene ring substituents is 1. The highest BCUT2D eigenvalue weighted by atomic mass is 16.6. The predicted octanol–water partition coefficient (Wildman–Crippen LogP) is 2.60. The molecule has 0 aromatic heterocycles. The van der Waals surface area contributed by atoms with Crippen molar-refractivity contribution in [3.05, 3.63) is 64.2 Å². The number of rotatable bonds is 4. The van der Waals surface area contributed by atoms with Gasteiger partial charge in [-0.2, -0.15) is 0 Å². The minimum absolute atomic E-state index is 0.00725. The number of carbonyl (C=O) groups is 2. The van der Waals surface area contributed by atoms with Crippen molar-refractivity contribution in [2.24, 2.45) is 5.92 Å². The zero-order chi connectivity index (χ0) is 21.3. The van der Waals surface area contributed by atoms with E-state index in [1.165, 1.54) is 12.1 Å². The summed E-state index contributed by atoms with van der Waals surface area (Å²) in [7, 11) is 0. The number of hydrogen-bond acceptors (Lipinski definition) is 5. The van der Waals surface area contributed by atoms with E-state index >= 15 is 0 Å². The SMILES string of the molecule is Cc1ccccc1N1CC(C(=O)N2CCN(c3ccc([N+](=O)[O-])cc3)CC2)CC1=O. The van der Waals surface area contributed by atoms with Gasteiger partial charge in [0, 0.05) is 62.7 Å². The Bertz CT molecular complexity index is 967. The van der Waals surface area contributed by atoms with Crippen LogP contribution in [0.3, 0.4) is 0 Å². The third kappa shape index (κ3) is 3.85. The van der Waals surface area contributed by atoms with Crippen LogP contribution in [-0.2, 0) is 9.59 Å². The minimum atomic E-state index is -0.413. The van der Waals surface area contributed by atoms with Gasteiger partial charge in [0.05, 0.1) is 10.8 Å². The van der Waals surface area contributed by atoms with E-state index in [1.54, 1.807) is 17.0 Å². The largest absolute Gasteiger partial charge is 0.368 e. The normalized spacial score (nSPS) is 19.3. The summed E-state index contributed by atoms with van der Waals surface area (Å²) in [5, 5.41) is 10.8. The van der Waals surface area contributed by atoms with Crippen LogP contribution in [0.5, 0.6) is 0 Å². The van der Waals surface area contributed by atoms with Gasteiger partial charge in [-0.1, -0.05) is 18.2 Å². The quantitative estimate of drug-likeness (QED) is 0.573. The fourth-order valence-corrected chi connectivity index (χ4v) is 4.20. The summed E-state index contributed by atoms with van der Waals surface area (Å²) in [4.78, 5) is 41.6. The molecule has 0 spiro atoms. The van der Waals surface area contributed by atoms with Crippen molar-refractivity contribution >= 4 is 28.9 Å². The summed E-state index contributed by atoms with van der Waals surface area (Å²) >= 11 is 0. The van der Waals surface area contributed by atoms with Gasteiger partial charge in [0.1, 0.15) is 0 Å². The maximum absolute atomic E-state index is 13.0. The molecule has 2 aliphatic heterocycles. The van der Waals surface area contributed by atoms with Crippen LogP contribution >= 0.6 is 0 Å². The van der Waals surface area contributed by atoms with Crippen molar-refractivity contribution in [2.45, 2.75) is 13.3 Å². The predicted molar refractivity (Wildman–Crippen MR) is 114 cm³/mol. The molecule has 2 fully saturated rings. The lowest BCUT2D eigenvalue weighted by Gasteiger charge is -2.37. The molecule has 2 aliphatic rings. The Labute approximate surface area is 174 Å². The number of benzene rings is 2. The number of hydrogen-bond donors (Lipinski definition) is 0. The van der Waals surface area contributed by atoms with Crippen LogP contribution in [0, 0.1) is 23.0 Å². The number of piperazine rings is 1. The summed E-state index contributed by atoms with van der Waals surface area (Å²) in [6, 6.07) is 14.2. The fraction of sp³-hybridized carbons (Fsp3) is 0.364. The van der Waals surface area contributed by atoms with Crippen LogP contribution in [-0.4, -0.2) is 54.4 Å². The number of nitrogens with zero attached hydrogens (tertiary/aromatic N) is 4. The number of nitro groups is 1. The van der Waals surface area contributed by atoms with Crippen LogP contribution in [0.1, 0.15) is 12.0 Å². The Balaban J connectivity index is 1.36. The van der Waals surface area contributed by atoms with Crippen LogP contribution in [0.4, 0.5) is 17.1 Å². The number of nitro benzene ring substituents is 1. The van der Waals surface area contributed by atoms with Gasteiger partial charge in [-0.25, -0.2) is 0 Å². The van der Waals surface area contributed by atoms with Gasteiger partial charge in [0.25, 0.3) is 5.69 Å². The highest BCUT2D eigenvalue weighted by Gasteiger charge is 2.38. The lowest BCUT2D eigenvalue weighted by Crippen LogP contribution is -2.50. The van der Waals surface area contributed by atoms with E-state index in [9.17, 15) is 19.7 Å². The number of anilines is 2. The molecule has 2 aromatic rings. The monoisotopic (exact) mass is 408 g/mol. The second-order valence-corrected chi connectivity index (χ2v) is 7.78. The first-order valence-corrected chi connectivity index (χ1v) is 10.1. The number of amides is 2. The molecule has 2 saturated heterocycles. The Kier molecular flexibility index (Phi) is 5.39. The van der Waals surface area contributed by atoms with Gasteiger partial charge in [-0.15, -0.1) is 0 Å². The van der Waals surface area contributed by atoms with Crippen LogP contribution < -0.4 is 9.80 Å². The highest BCUT2D eigenvalue weighted by molar-refractivity contribution is 6.00. The number of para-hydroxylation sites is 1. The molecular weight excluding hydrogens is 384 g/mol. The van der Waals surface area contributed by atoms with Gasteiger partial charge < -0.3 is 14.7 Å². The molecule has 156 valence electrons. The van der Waals surface area contributed by atoms with Gasteiger partial charge in [0.2, 0.25) is 11.8 Å². The maximum atomic E-state index is 13.0. The van der Waals surface area contributed by atoms with Gasteiger partial charge in [0.15, 0.2) is 0 Å².